The molecular formula is C10H18N2O. The Bertz CT molecular complexity index is 196. The number of carbonyl (C=O) groups is 1. The van der Waals surface area contributed by atoms with Gasteiger partial charge in [0.25, 0.3) is 0 Å². The van der Waals surface area contributed by atoms with Crippen LogP contribution < -0.4 is 5.32 Å². The first-order valence-electron chi connectivity index (χ1n) is 4.53. The first-order valence-corrected chi connectivity index (χ1v) is 4.53. The van der Waals surface area contributed by atoms with Crippen LogP contribution in [0.25, 0.3) is 0 Å². The van der Waals surface area contributed by atoms with Gasteiger partial charge in [-0.2, -0.15) is 0 Å². The molecule has 3 heteroatoms. The van der Waals surface area contributed by atoms with Crippen LogP contribution in [0.2, 0.25) is 0 Å². The number of rotatable bonds is 5. The topological polar surface area (TPSA) is 32.3 Å². The molecule has 0 rings (SSSR count). The second-order valence-electron chi connectivity index (χ2n) is 3.07. The zero-order valence-electron chi connectivity index (χ0n) is 8.63. The largest absolute Gasteiger partial charge is 0.342 e. The fourth-order valence-electron chi connectivity index (χ4n) is 0.886. The second kappa shape index (κ2) is 6.50. The van der Waals surface area contributed by atoms with Crippen molar-refractivity contribution in [3.63, 3.8) is 0 Å². The van der Waals surface area contributed by atoms with Crippen LogP contribution >= 0.6 is 0 Å². The molecule has 0 spiro atoms. The maximum Gasteiger partial charge on any atom is 0.236 e. The van der Waals surface area contributed by atoms with E-state index in [-0.39, 0.29) is 5.91 Å². The molecule has 0 heterocycles. The van der Waals surface area contributed by atoms with Crippen LogP contribution in [0.4, 0.5) is 0 Å². The molecule has 74 valence electrons. The normalized spacial score (nSPS) is 11.8. The minimum absolute atomic E-state index is 0.0876. The highest BCUT2D eigenvalue weighted by molar-refractivity contribution is 5.78. The highest BCUT2D eigenvalue weighted by atomic mass is 16.2. The smallest absolute Gasteiger partial charge is 0.236 e. The van der Waals surface area contributed by atoms with Crippen molar-refractivity contribution in [1.82, 2.24) is 10.2 Å². The average molecular weight is 182 g/mol. The molecule has 3 nitrogen and oxygen atoms in total. The van der Waals surface area contributed by atoms with Crippen LogP contribution in [-0.4, -0.2) is 37.0 Å². The summed E-state index contributed by atoms with van der Waals surface area (Å²) >= 11 is 0. The Balaban J connectivity index is 3.77. The van der Waals surface area contributed by atoms with Crippen LogP contribution in [0.3, 0.4) is 0 Å². The summed E-state index contributed by atoms with van der Waals surface area (Å²) in [5.41, 5.74) is 0. The van der Waals surface area contributed by atoms with Gasteiger partial charge >= 0.3 is 0 Å². The van der Waals surface area contributed by atoms with Crippen molar-refractivity contribution in [2.24, 2.45) is 0 Å². The minimum Gasteiger partial charge on any atom is -0.342 e. The van der Waals surface area contributed by atoms with Crippen LogP contribution in [0.5, 0.6) is 0 Å². The molecule has 1 N–H and O–H groups in total. The summed E-state index contributed by atoms with van der Waals surface area (Å²) < 4.78 is 0. The van der Waals surface area contributed by atoms with Crippen molar-refractivity contribution in [2.45, 2.75) is 26.3 Å². The first-order chi connectivity index (χ1) is 6.13. The Morgan fingerprint density at radius 3 is 2.77 bits per heavy atom. The van der Waals surface area contributed by atoms with Gasteiger partial charge in [-0.3, -0.25) is 10.1 Å². The van der Waals surface area contributed by atoms with Crippen LogP contribution in [-0.2, 0) is 4.79 Å². The van der Waals surface area contributed by atoms with E-state index in [4.69, 9.17) is 6.42 Å². The van der Waals surface area contributed by atoms with Gasteiger partial charge < -0.3 is 4.90 Å². The zero-order valence-corrected chi connectivity index (χ0v) is 8.63. The lowest BCUT2D eigenvalue weighted by Crippen LogP contribution is -2.40. The van der Waals surface area contributed by atoms with E-state index in [0.29, 0.717) is 19.1 Å². The summed E-state index contributed by atoms with van der Waals surface area (Å²) in [6, 6.07) is 0.292. The number of hydrogen-bond donors (Lipinski definition) is 1. The Hall–Kier alpha value is -1.01. The molecule has 0 bridgehead atoms. The number of nitrogens with one attached hydrogen (secondary N) is 1. The third kappa shape index (κ3) is 4.54. The van der Waals surface area contributed by atoms with E-state index in [0.717, 1.165) is 6.42 Å². The van der Waals surface area contributed by atoms with Gasteiger partial charge in [0.05, 0.1) is 13.1 Å². The third-order valence-corrected chi connectivity index (χ3v) is 2.15. The monoisotopic (exact) mass is 182 g/mol. The van der Waals surface area contributed by atoms with Crippen LogP contribution in [0, 0.1) is 12.3 Å². The molecule has 0 aromatic rings. The van der Waals surface area contributed by atoms with E-state index >= 15 is 0 Å². The van der Waals surface area contributed by atoms with Crippen molar-refractivity contribution in [3.8, 4) is 12.3 Å². The van der Waals surface area contributed by atoms with Crippen molar-refractivity contribution in [1.29, 1.82) is 0 Å². The Kier molecular flexibility index (Phi) is 5.99. The lowest BCUT2D eigenvalue weighted by atomic mass is 10.2. The summed E-state index contributed by atoms with van der Waals surface area (Å²) in [6.45, 7) is 4.85. The van der Waals surface area contributed by atoms with E-state index in [1.54, 1.807) is 4.90 Å². The average Bonchev–Trinajstić information content (AvgIpc) is 2.15. The summed E-state index contributed by atoms with van der Waals surface area (Å²) in [5, 5.41) is 2.87. The highest BCUT2D eigenvalue weighted by Crippen LogP contribution is 1.99. The molecule has 0 aliphatic heterocycles. The molecule has 0 saturated carbocycles. The summed E-state index contributed by atoms with van der Waals surface area (Å²) in [6.07, 6.45) is 6.01. The number of terminal acetylenes is 1. The van der Waals surface area contributed by atoms with Crippen LogP contribution in [0.1, 0.15) is 20.3 Å². The fraction of sp³-hybridized carbons (Fsp3) is 0.700. The predicted octanol–water partition coefficient (Wildman–Crippen LogP) is 0.466. The maximum absolute atomic E-state index is 11.4. The quantitative estimate of drug-likeness (QED) is 0.495. The summed E-state index contributed by atoms with van der Waals surface area (Å²) in [4.78, 5) is 13.2. The zero-order chi connectivity index (χ0) is 10.3. The molecule has 0 aromatic carbocycles. The number of nitrogens with zero attached hydrogens (tertiary/aromatic N) is 1. The van der Waals surface area contributed by atoms with Crippen molar-refractivity contribution < 1.29 is 4.79 Å². The Labute approximate surface area is 80.5 Å². The van der Waals surface area contributed by atoms with Crippen molar-refractivity contribution >= 4 is 5.91 Å². The SMILES string of the molecule is C#CCNCC(=O)N(C)C(C)CC. The van der Waals surface area contributed by atoms with Gasteiger partial charge in [-0.15, -0.1) is 6.42 Å². The molecule has 1 unspecified atom stereocenters. The van der Waals surface area contributed by atoms with Gasteiger partial charge in [0.2, 0.25) is 5.91 Å². The molecule has 1 amide bonds. The van der Waals surface area contributed by atoms with Gasteiger partial charge in [0.15, 0.2) is 0 Å². The minimum atomic E-state index is 0.0876. The van der Waals surface area contributed by atoms with E-state index in [2.05, 4.69) is 18.2 Å². The Morgan fingerprint density at radius 2 is 2.31 bits per heavy atom. The van der Waals surface area contributed by atoms with E-state index in [9.17, 15) is 4.79 Å². The number of carbonyl (C=O) groups excluding carboxylic acids is 1. The second-order valence-corrected chi connectivity index (χ2v) is 3.07. The molecule has 0 radical (unpaired) electrons. The summed E-state index contributed by atoms with van der Waals surface area (Å²) in [5.74, 6) is 2.51. The van der Waals surface area contributed by atoms with E-state index < -0.39 is 0 Å². The van der Waals surface area contributed by atoms with E-state index in [1.165, 1.54) is 0 Å². The van der Waals surface area contributed by atoms with Crippen molar-refractivity contribution in [2.75, 3.05) is 20.1 Å². The summed E-state index contributed by atoms with van der Waals surface area (Å²) in [7, 11) is 1.81. The van der Waals surface area contributed by atoms with Gasteiger partial charge in [0.1, 0.15) is 0 Å². The number of amides is 1. The van der Waals surface area contributed by atoms with Gasteiger partial charge in [-0.05, 0) is 13.3 Å². The number of likely N-dealkylation sites (N-methyl/N-ethyl adjacent to an activating group) is 1. The number of hydrogen-bond acceptors (Lipinski definition) is 2. The van der Waals surface area contributed by atoms with E-state index in [1.807, 2.05) is 14.0 Å². The Morgan fingerprint density at radius 1 is 1.69 bits per heavy atom. The molecular weight excluding hydrogens is 164 g/mol. The lowest BCUT2D eigenvalue weighted by Gasteiger charge is -2.23. The molecule has 0 saturated heterocycles. The lowest BCUT2D eigenvalue weighted by molar-refractivity contribution is -0.130. The van der Waals surface area contributed by atoms with Gasteiger partial charge in [0, 0.05) is 13.1 Å². The van der Waals surface area contributed by atoms with Crippen LogP contribution in [0.15, 0.2) is 0 Å². The standard InChI is InChI=1S/C10H18N2O/c1-5-7-11-8-10(13)12(4)9(3)6-2/h1,9,11H,6-8H2,2-4H3. The third-order valence-electron chi connectivity index (χ3n) is 2.15. The molecule has 1 atom stereocenters. The van der Waals surface area contributed by atoms with Gasteiger partial charge in [-0.1, -0.05) is 12.8 Å². The maximum atomic E-state index is 11.4. The molecule has 0 aliphatic carbocycles. The highest BCUT2D eigenvalue weighted by Gasteiger charge is 2.12. The molecule has 0 aliphatic rings. The molecule has 13 heavy (non-hydrogen) atoms. The predicted molar refractivity (Wildman–Crippen MR) is 54.2 cm³/mol. The first kappa shape index (κ1) is 12.0. The van der Waals surface area contributed by atoms with Crippen molar-refractivity contribution in [3.05, 3.63) is 0 Å². The fourth-order valence-corrected chi connectivity index (χ4v) is 0.886. The van der Waals surface area contributed by atoms with Gasteiger partial charge in [-0.25, -0.2) is 0 Å². The molecule has 0 fully saturated rings. The molecule has 0 aromatic heterocycles.